The van der Waals surface area contributed by atoms with Crippen LogP contribution in [0.25, 0.3) is 0 Å². The van der Waals surface area contributed by atoms with Crippen molar-refractivity contribution in [3.05, 3.63) is 11.6 Å². The molecular formula is C16H30N4. The van der Waals surface area contributed by atoms with Crippen molar-refractivity contribution in [2.45, 2.75) is 90.8 Å². The summed E-state index contributed by atoms with van der Waals surface area (Å²) in [4.78, 5) is 0. The average molecular weight is 278 g/mol. The molecule has 2 atom stereocenters. The van der Waals surface area contributed by atoms with Gasteiger partial charge in [0.1, 0.15) is 11.6 Å². The Hall–Kier alpha value is -0.900. The average Bonchev–Trinajstić information content (AvgIpc) is 2.72. The quantitative estimate of drug-likeness (QED) is 0.828. The number of aromatic nitrogens is 3. The predicted molar refractivity (Wildman–Crippen MR) is 82.7 cm³/mol. The highest BCUT2D eigenvalue weighted by atomic mass is 15.3. The van der Waals surface area contributed by atoms with Crippen molar-refractivity contribution < 1.29 is 0 Å². The maximum absolute atomic E-state index is 4.46. The van der Waals surface area contributed by atoms with E-state index in [-0.39, 0.29) is 0 Å². The van der Waals surface area contributed by atoms with Crippen LogP contribution in [-0.2, 0) is 13.0 Å². The first-order valence-corrected chi connectivity index (χ1v) is 8.44. The van der Waals surface area contributed by atoms with Crippen LogP contribution >= 0.6 is 0 Å². The third-order valence-electron chi connectivity index (χ3n) is 4.41. The Morgan fingerprint density at radius 2 is 2.05 bits per heavy atom. The fourth-order valence-electron chi connectivity index (χ4n) is 3.11. The van der Waals surface area contributed by atoms with E-state index in [0.29, 0.717) is 12.1 Å². The van der Waals surface area contributed by atoms with E-state index < -0.39 is 0 Å². The fraction of sp³-hybridized carbons (Fsp3) is 0.875. The summed E-state index contributed by atoms with van der Waals surface area (Å²) in [6.45, 7) is 7.85. The number of unbranched alkanes of at least 4 members (excludes halogenated alkanes) is 1. The number of fused-ring (bicyclic) bond motifs is 1. The molecule has 4 nitrogen and oxygen atoms in total. The highest BCUT2D eigenvalue weighted by Gasteiger charge is 2.20. The lowest BCUT2D eigenvalue weighted by atomic mass is 10.1. The van der Waals surface area contributed by atoms with Crippen molar-refractivity contribution >= 4 is 0 Å². The summed E-state index contributed by atoms with van der Waals surface area (Å²) in [7, 11) is 0. The van der Waals surface area contributed by atoms with Gasteiger partial charge in [0.05, 0.1) is 6.04 Å². The standard InChI is InChI=1S/C16H30N4/c1-4-6-10-14(5-2)17-13(3)16-19-18-15-11-8-7-9-12-20(15)16/h13-14,17H,4-12H2,1-3H3. The highest BCUT2D eigenvalue weighted by Crippen LogP contribution is 2.19. The topological polar surface area (TPSA) is 42.7 Å². The first kappa shape index (κ1) is 15.5. The zero-order chi connectivity index (χ0) is 14.4. The molecule has 0 amide bonds. The summed E-state index contributed by atoms with van der Waals surface area (Å²) in [5.41, 5.74) is 0. The number of aryl methyl sites for hydroxylation is 1. The Bertz CT molecular complexity index is 399. The van der Waals surface area contributed by atoms with Gasteiger partial charge in [-0.2, -0.15) is 0 Å². The van der Waals surface area contributed by atoms with E-state index in [9.17, 15) is 0 Å². The van der Waals surface area contributed by atoms with E-state index in [1.807, 2.05) is 0 Å². The van der Waals surface area contributed by atoms with Crippen LogP contribution in [-0.4, -0.2) is 20.8 Å². The molecule has 0 radical (unpaired) electrons. The normalized spacial score (nSPS) is 18.4. The van der Waals surface area contributed by atoms with Gasteiger partial charge >= 0.3 is 0 Å². The molecule has 1 aromatic heterocycles. The molecule has 0 spiro atoms. The summed E-state index contributed by atoms with van der Waals surface area (Å²) in [6, 6.07) is 0.903. The molecular weight excluding hydrogens is 248 g/mol. The molecule has 114 valence electrons. The van der Waals surface area contributed by atoms with Crippen molar-refractivity contribution in [3.63, 3.8) is 0 Å². The Kier molecular flexibility index (Phi) is 6.02. The van der Waals surface area contributed by atoms with Crippen LogP contribution in [0.2, 0.25) is 0 Å². The van der Waals surface area contributed by atoms with Crippen molar-refractivity contribution in [2.24, 2.45) is 0 Å². The minimum absolute atomic E-state index is 0.302. The molecule has 1 aliphatic rings. The van der Waals surface area contributed by atoms with Gasteiger partial charge in [0, 0.05) is 19.0 Å². The van der Waals surface area contributed by atoms with Crippen LogP contribution < -0.4 is 5.32 Å². The van der Waals surface area contributed by atoms with Gasteiger partial charge in [-0.25, -0.2) is 0 Å². The van der Waals surface area contributed by atoms with Gasteiger partial charge in [-0.05, 0) is 32.6 Å². The maximum atomic E-state index is 4.46. The molecule has 2 rings (SSSR count). The molecule has 1 N–H and O–H groups in total. The molecule has 1 aliphatic heterocycles. The van der Waals surface area contributed by atoms with Crippen molar-refractivity contribution in [3.8, 4) is 0 Å². The van der Waals surface area contributed by atoms with E-state index in [2.05, 4.69) is 40.9 Å². The summed E-state index contributed by atoms with van der Waals surface area (Å²) in [6.07, 6.45) is 9.95. The van der Waals surface area contributed by atoms with Crippen molar-refractivity contribution in [1.29, 1.82) is 0 Å². The van der Waals surface area contributed by atoms with Gasteiger partial charge in [0.15, 0.2) is 0 Å². The summed E-state index contributed by atoms with van der Waals surface area (Å²) >= 11 is 0. The number of nitrogens with zero attached hydrogens (tertiary/aromatic N) is 3. The van der Waals surface area contributed by atoms with Crippen LogP contribution in [0.15, 0.2) is 0 Å². The largest absolute Gasteiger partial charge is 0.314 e. The lowest BCUT2D eigenvalue weighted by Gasteiger charge is -2.22. The van der Waals surface area contributed by atoms with Crippen LogP contribution in [0.1, 0.15) is 83.4 Å². The zero-order valence-electron chi connectivity index (χ0n) is 13.4. The van der Waals surface area contributed by atoms with E-state index in [1.165, 1.54) is 50.8 Å². The minimum Gasteiger partial charge on any atom is -0.314 e. The third-order valence-corrected chi connectivity index (χ3v) is 4.41. The van der Waals surface area contributed by atoms with Crippen LogP contribution in [0.3, 0.4) is 0 Å². The van der Waals surface area contributed by atoms with Gasteiger partial charge < -0.3 is 9.88 Å². The lowest BCUT2D eigenvalue weighted by Crippen LogP contribution is -2.32. The fourth-order valence-corrected chi connectivity index (χ4v) is 3.11. The minimum atomic E-state index is 0.302. The van der Waals surface area contributed by atoms with E-state index in [1.54, 1.807) is 0 Å². The van der Waals surface area contributed by atoms with Crippen LogP contribution in [0, 0.1) is 0 Å². The van der Waals surface area contributed by atoms with Crippen LogP contribution in [0.4, 0.5) is 0 Å². The molecule has 0 fully saturated rings. The zero-order valence-corrected chi connectivity index (χ0v) is 13.4. The Balaban J connectivity index is 2.01. The Labute approximate surface area is 123 Å². The molecule has 0 aliphatic carbocycles. The SMILES string of the molecule is CCCCC(CC)NC(C)c1nnc2n1CCCCC2. The first-order chi connectivity index (χ1) is 9.76. The number of hydrogen-bond acceptors (Lipinski definition) is 3. The Morgan fingerprint density at radius 1 is 1.20 bits per heavy atom. The summed E-state index contributed by atoms with van der Waals surface area (Å²) < 4.78 is 2.36. The Morgan fingerprint density at radius 3 is 2.80 bits per heavy atom. The van der Waals surface area contributed by atoms with Gasteiger partial charge in [-0.3, -0.25) is 0 Å². The second-order valence-electron chi connectivity index (χ2n) is 6.07. The smallest absolute Gasteiger partial charge is 0.149 e. The van der Waals surface area contributed by atoms with Gasteiger partial charge in [0.2, 0.25) is 0 Å². The van der Waals surface area contributed by atoms with Crippen molar-refractivity contribution in [2.75, 3.05) is 0 Å². The molecule has 2 heterocycles. The number of hydrogen-bond donors (Lipinski definition) is 1. The molecule has 0 aromatic carbocycles. The lowest BCUT2D eigenvalue weighted by molar-refractivity contribution is 0.391. The summed E-state index contributed by atoms with van der Waals surface area (Å²) in [5.74, 6) is 2.32. The monoisotopic (exact) mass is 278 g/mol. The molecule has 0 saturated heterocycles. The van der Waals surface area contributed by atoms with Gasteiger partial charge in [-0.1, -0.05) is 33.1 Å². The molecule has 20 heavy (non-hydrogen) atoms. The van der Waals surface area contributed by atoms with Gasteiger partial charge in [0.25, 0.3) is 0 Å². The molecule has 1 aromatic rings. The maximum Gasteiger partial charge on any atom is 0.149 e. The number of nitrogens with one attached hydrogen (secondary N) is 1. The molecule has 0 saturated carbocycles. The number of rotatable bonds is 7. The third kappa shape index (κ3) is 3.81. The second-order valence-corrected chi connectivity index (χ2v) is 6.07. The van der Waals surface area contributed by atoms with Gasteiger partial charge in [-0.15, -0.1) is 10.2 Å². The highest BCUT2D eigenvalue weighted by molar-refractivity contribution is 5.02. The molecule has 2 unspecified atom stereocenters. The molecule has 4 heteroatoms. The van der Waals surface area contributed by atoms with Crippen LogP contribution in [0.5, 0.6) is 0 Å². The van der Waals surface area contributed by atoms with E-state index >= 15 is 0 Å². The first-order valence-electron chi connectivity index (χ1n) is 8.44. The van der Waals surface area contributed by atoms with E-state index in [4.69, 9.17) is 0 Å². The van der Waals surface area contributed by atoms with Crippen molar-refractivity contribution in [1.82, 2.24) is 20.1 Å². The van der Waals surface area contributed by atoms with E-state index in [0.717, 1.165) is 18.8 Å². The summed E-state index contributed by atoms with van der Waals surface area (Å²) in [5, 5.41) is 12.6. The molecule has 0 bridgehead atoms. The second kappa shape index (κ2) is 7.77. The predicted octanol–water partition coefficient (Wildman–Crippen LogP) is 3.62.